The number of ketones is 1. The van der Waals surface area contributed by atoms with Gasteiger partial charge in [-0.25, -0.2) is 4.79 Å². The summed E-state index contributed by atoms with van der Waals surface area (Å²) < 4.78 is 10.2. The molecule has 0 aliphatic carbocycles. The molecule has 28 heavy (non-hydrogen) atoms. The van der Waals surface area contributed by atoms with E-state index in [0.29, 0.717) is 24.4 Å². The Morgan fingerprint density at radius 3 is 2.46 bits per heavy atom. The topological polar surface area (TPSA) is 108 Å². The van der Waals surface area contributed by atoms with Crippen molar-refractivity contribution in [2.75, 3.05) is 25.6 Å². The molecular formula is C20H22N2O6. The average Bonchev–Trinajstić information content (AvgIpc) is 2.68. The molecule has 0 aliphatic rings. The third-order valence-corrected chi connectivity index (χ3v) is 4.04. The van der Waals surface area contributed by atoms with Gasteiger partial charge in [-0.2, -0.15) is 0 Å². The Labute approximate surface area is 162 Å². The summed E-state index contributed by atoms with van der Waals surface area (Å²) >= 11 is 0. The molecule has 0 radical (unpaired) electrons. The summed E-state index contributed by atoms with van der Waals surface area (Å²) in [6.45, 7) is 4.15. The van der Waals surface area contributed by atoms with Gasteiger partial charge >= 0.3 is 5.97 Å². The molecular weight excluding hydrogens is 364 g/mol. The van der Waals surface area contributed by atoms with E-state index in [9.17, 15) is 19.7 Å². The number of benzene rings is 2. The zero-order valence-corrected chi connectivity index (χ0v) is 15.9. The number of aryl methyl sites for hydroxylation is 1. The van der Waals surface area contributed by atoms with Crippen molar-refractivity contribution in [1.29, 1.82) is 0 Å². The molecule has 0 fully saturated rings. The number of nitrogens with zero attached hydrogens (tertiary/aromatic N) is 1. The predicted octanol–water partition coefficient (Wildman–Crippen LogP) is 3.39. The molecule has 2 rings (SSSR count). The van der Waals surface area contributed by atoms with Gasteiger partial charge < -0.3 is 14.8 Å². The van der Waals surface area contributed by atoms with Gasteiger partial charge in [-0.3, -0.25) is 14.9 Å². The van der Waals surface area contributed by atoms with Gasteiger partial charge in [0.1, 0.15) is 0 Å². The van der Waals surface area contributed by atoms with Crippen molar-refractivity contribution >= 4 is 23.1 Å². The summed E-state index contributed by atoms with van der Waals surface area (Å²) in [5, 5.41) is 14.0. The van der Waals surface area contributed by atoms with Crippen LogP contribution in [0.4, 0.5) is 11.4 Å². The quantitative estimate of drug-likeness (QED) is 0.231. The van der Waals surface area contributed by atoms with Crippen LogP contribution in [0.15, 0.2) is 42.5 Å². The van der Waals surface area contributed by atoms with Crippen LogP contribution in [-0.2, 0) is 9.47 Å². The van der Waals surface area contributed by atoms with Gasteiger partial charge in [-0.15, -0.1) is 0 Å². The second kappa shape index (κ2) is 9.61. The second-order valence-electron chi connectivity index (χ2n) is 6.18. The number of methoxy groups -OCH3 is 1. The van der Waals surface area contributed by atoms with Crippen LogP contribution in [0.2, 0.25) is 0 Å². The number of non-ortho nitro benzene ring substituents is 1. The lowest BCUT2D eigenvalue weighted by Gasteiger charge is -2.15. The van der Waals surface area contributed by atoms with Crippen LogP contribution in [0.5, 0.6) is 0 Å². The van der Waals surface area contributed by atoms with Crippen LogP contribution in [0, 0.1) is 17.0 Å². The molecule has 2 aromatic rings. The first-order valence-electron chi connectivity index (χ1n) is 8.66. The van der Waals surface area contributed by atoms with Gasteiger partial charge in [0.2, 0.25) is 5.78 Å². The summed E-state index contributed by atoms with van der Waals surface area (Å²) in [5.74, 6) is -1.18. The van der Waals surface area contributed by atoms with Gasteiger partial charge in [0.05, 0.1) is 17.1 Å². The fourth-order valence-corrected chi connectivity index (χ4v) is 2.49. The van der Waals surface area contributed by atoms with Crippen LogP contribution in [0.25, 0.3) is 0 Å². The van der Waals surface area contributed by atoms with E-state index in [0.717, 1.165) is 11.6 Å². The minimum atomic E-state index is -1.04. The van der Waals surface area contributed by atoms with Gasteiger partial charge in [0, 0.05) is 37.0 Å². The van der Waals surface area contributed by atoms with E-state index in [1.807, 2.05) is 6.92 Å². The fraction of sp³-hybridized carbons (Fsp3) is 0.300. The van der Waals surface area contributed by atoms with E-state index in [4.69, 9.17) is 9.47 Å². The number of nitro benzene ring substituents is 1. The Balaban J connectivity index is 2.20. The van der Waals surface area contributed by atoms with Crippen molar-refractivity contribution in [3.05, 3.63) is 69.3 Å². The van der Waals surface area contributed by atoms with Gasteiger partial charge in [0.15, 0.2) is 6.10 Å². The predicted molar refractivity (Wildman–Crippen MR) is 104 cm³/mol. The number of carbonyl (C=O) groups is 2. The maximum absolute atomic E-state index is 12.6. The summed E-state index contributed by atoms with van der Waals surface area (Å²) in [6.07, 6.45) is -1.04. The minimum Gasteiger partial charge on any atom is -0.451 e. The standard InChI is InChI=1S/C20H22N2O6/c1-13-4-6-15(7-5-13)19(23)14(2)28-20(24)17-12-16(22(25)26)8-9-18(17)21-10-11-27-3/h4-9,12,14,21H,10-11H2,1-3H3/t14-/m0/s1. The molecule has 0 aliphatic heterocycles. The van der Waals surface area contributed by atoms with Crippen molar-refractivity contribution in [3.63, 3.8) is 0 Å². The number of hydrogen-bond acceptors (Lipinski definition) is 7. The average molecular weight is 386 g/mol. The van der Waals surface area contributed by atoms with Gasteiger partial charge in [-0.05, 0) is 19.9 Å². The molecule has 1 N–H and O–H groups in total. The first kappa shape index (κ1) is 21.0. The van der Waals surface area contributed by atoms with E-state index in [1.54, 1.807) is 24.3 Å². The zero-order chi connectivity index (χ0) is 20.7. The van der Waals surface area contributed by atoms with Crippen molar-refractivity contribution < 1.29 is 24.0 Å². The van der Waals surface area contributed by atoms with E-state index in [1.165, 1.54) is 26.2 Å². The molecule has 148 valence electrons. The number of nitrogens with one attached hydrogen (secondary N) is 1. The summed E-state index contributed by atoms with van der Waals surface area (Å²) in [7, 11) is 1.53. The van der Waals surface area contributed by atoms with Crippen molar-refractivity contribution in [2.45, 2.75) is 20.0 Å². The molecule has 0 spiro atoms. The normalized spacial score (nSPS) is 11.5. The van der Waals surface area contributed by atoms with E-state index < -0.39 is 17.0 Å². The highest BCUT2D eigenvalue weighted by Gasteiger charge is 2.24. The lowest BCUT2D eigenvalue weighted by atomic mass is 10.1. The smallest absolute Gasteiger partial charge is 0.341 e. The van der Waals surface area contributed by atoms with Crippen molar-refractivity contribution in [1.82, 2.24) is 0 Å². The number of hydrogen-bond donors (Lipinski definition) is 1. The molecule has 8 heteroatoms. The molecule has 0 saturated heterocycles. The van der Waals surface area contributed by atoms with Crippen LogP contribution in [-0.4, -0.2) is 43.0 Å². The SMILES string of the molecule is COCCNc1ccc([N+](=O)[O-])cc1C(=O)O[C@@H](C)C(=O)c1ccc(C)cc1. The second-order valence-corrected chi connectivity index (χ2v) is 6.18. The number of rotatable bonds is 9. The molecule has 0 aromatic heterocycles. The Hall–Kier alpha value is -3.26. The molecule has 0 saturated carbocycles. The largest absolute Gasteiger partial charge is 0.451 e. The van der Waals surface area contributed by atoms with Crippen molar-refractivity contribution in [2.24, 2.45) is 0 Å². The zero-order valence-electron chi connectivity index (χ0n) is 15.9. The Kier molecular flexibility index (Phi) is 7.22. The Morgan fingerprint density at radius 2 is 1.86 bits per heavy atom. The van der Waals surface area contributed by atoms with Gasteiger partial charge in [-0.1, -0.05) is 29.8 Å². The maximum Gasteiger partial charge on any atom is 0.341 e. The first-order chi connectivity index (χ1) is 13.3. The highest BCUT2D eigenvalue weighted by atomic mass is 16.6. The maximum atomic E-state index is 12.6. The fourth-order valence-electron chi connectivity index (χ4n) is 2.49. The highest BCUT2D eigenvalue weighted by molar-refractivity contribution is 6.02. The minimum absolute atomic E-state index is 0.0196. The summed E-state index contributed by atoms with van der Waals surface area (Å²) in [5.41, 5.74) is 1.52. The van der Waals surface area contributed by atoms with E-state index >= 15 is 0 Å². The number of Topliss-reactive ketones (excluding diaryl/α,β-unsaturated/α-hetero) is 1. The molecule has 2 aromatic carbocycles. The van der Waals surface area contributed by atoms with Crippen LogP contribution in [0.1, 0.15) is 33.2 Å². The van der Waals surface area contributed by atoms with Crippen LogP contribution < -0.4 is 5.32 Å². The lowest BCUT2D eigenvalue weighted by Crippen LogP contribution is -2.25. The Morgan fingerprint density at radius 1 is 1.18 bits per heavy atom. The third-order valence-electron chi connectivity index (χ3n) is 4.04. The third kappa shape index (κ3) is 5.37. The number of esters is 1. The Bertz CT molecular complexity index is 863. The molecule has 0 amide bonds. The molecule has 0 bridgehead atoms. The molecule has 1 atom stereocenters. The molecule has 0 unspecified atom stereocenters. The van der Waals surface area contributed by atoms with Crippen molar-refractivity contribution in [3.8, 4) is 0 Å². The first-order valence-corrected chi connectivity index (χ1v) is 8.66. The van der Waals surface area contributed by atoms with Crippen LogP contribution in [0.3, 0.4) is 0 Å². The van der Waals surface area contributed by atoms with Gasteiger partial charge in [0.25, 0.3) is 5.69 Å². The number of anilines is 1. The highest BCUT2D eigenvalue weighted by Crippen LogP contribution is 2.24. The lowest BCUT2D eigenvalue weighted by molar-refractivity contribution is -0.384. The van der Waals surface area contributed by atoms with E-state index in [-0.39, 0.29) is 17.0 Å². The summed E-state index contributed by atoms with van der Waals surface area (Å²) in [4.78, 5) is 35.5. The number of ether oxygens (including phenoxy) is 2. The summed E-state index contributed by atoms with van der Waals surface area (Å²) in [6, 6.07) is 10.7. The monoisotopic (exact) mass is 386 g/mol. The number of carbonyl (C=O) groups excluding carboxylic acids is 2. The number of nitro groups is 1. The van der Waals surface area contributed by atoms with E-state index in [2.05, 4.69) is 5.32 Å². The molecule has 8 nitrogen and oxygen atoms in total. The molecule has 0 heterocycles. The van der Waals surface area contributed by atoms with Crippen LogP contribution >= 0.6 is 0 Å².